The molecule has 0 aromatic heterocycles. The highest BCUT2D eigenvalue weighted by molar-refractivity contribution is 9.10. The minimum atomic E-state index is -0.803. The SMILES string of the molecule is CCOC(=O)C1=C(C)NC(=O)N[C@H]1c1cc(Br)ccc1OCC(=O)NCc1ccccc1. The summed E-state index contributed by atoms with van der Waals surface area (Å²) >= 11 is 3.42. The van der Waals surface area contributed by atoms with Crippen LogP contribution in [0.4, 0.5) is 4.79 Å². The third kappa shape index (κ3) is 5.88. The van der Waals surface area contributed by atoms with Gasteiger partial charge in [0.2, 0.25) is 0 Å². The molecule has 32 heavy (non-hydrogen) atoms. The summed E-state index contributed by atoms with van der Waals surface area (Å²) < 4.78 is 11.7. The first-order valence-electron chi connectivity index (χ1n) is 10.1. The van der Waals surface area contributed by atoms with Crippen molar-refractivity contribution < 1.29 is 23.9 Å². The minimum Gasteiger partial charge on any atom is -0.483 e. The third-order valence-electron chi connectivity index (χ3n) is 4.74. The van der Waals surface area contributed by atoms with Crippen molar-refractivity contribution in [3.63, 3.8) is 0 Å². The molecule has 1 aliphatic rings. The van der Waals surface area contributed by atoms with Crippen molar-refractivity contribution in [2.45, 2.75) is 26.4 Å². The van der Waals surface area contributed by atoms with Gasteiger partial charge in [0.25, 0.3) is 5.91 Å². The molecule has 8 nitrogen and oxygen atoms in total. The van der Waals surface area contributed by atoms with E-state index < -0.39 is 18.0 Å². The van der Waals surface area contributed by atoms with E-state index in [9.17, 15) is 14.4 Å². The molecule has 1 heterocycles. The Hall–Kier alpha value is -3.33. The van der Waals surface area contributed by atoms with E-state index in [2.05, 4.69) is 31.9 Å². The van der Waals surface area contributed by atoms with E-state index in [0.29, 0.717) is 23.6 Å². The van der Waals surface area contributed by atoms with E-state index in [-0.39, 0.29) is 24.7 Å². The Bertz CT molecular complexity index is 1040. The van der Waals surface area contributed by atoms with Gasteiger partial charge in [-0.2, -0.15) is 0 Å². The molecule has 0 unspecified atom stereocenters. The second-order valence-electron chi connectivity index (χ2n) is 7.02. The monoisotopic (exact) mass is 501 g/mol. The third-order valence-corrected chi connectivity index (χ3v) is 5.23. The predicted molar refractivity (Wildman–Crippen MR) is 122 cm³/mol. The largest absolute Gasteiger partial charge is 0.483 e. The number of carbonyl (C=O) groups is 3. The number of halogens is 1. The van der Waals surface area contributed by atoms with E-state index in [1.165, 1.54) is 0 Å². The van der Waals surface area contributed by atoms with Crippen LogP contribution in [0, 0.1) is 0 Å². The molecule has 0 spiro atoms. The normalized spacial score (nSPS) is 15.5. The number of esters is 1. The van der Waals surface area contributed by atoms with Gasteiger partial charge in [-0.25, -0.2) is 9.59 Å². The van der Waals surface area contributed by atoms with Gasteiger partial charge in [-0.15, -0.1) is 0 Å². The van der Waals surface area contributed by atoms with Crippen molar-refractivity contribution in [1.29, 1.82) is 0 Å². The first-order valence-corrected chi connectivity index (χ1v) is 10.9. The molecule has 3 rings (SSSR count). The molecule has 2 aromatic rings. The Morgan fingerprint density at radius 1 is 1.16 bits per heavy atom. The van der Waals surface area contributed by atoms with Gasteiger partial charge in [0.05, 0.1) is 18.2 Å². The predicted octanol–water partition coefficient (Wildman–Crippen LogP) is 3.34. The molecule has 168 valence electrons. The van der Waals surface area contributed by atoms with E-state index in [1.54, 1.807) is 32.0 Å². The molecule has 1 atom stereocenters. The number of nitrogens with one attached hydrogen (secondary N) is 3. The van der Waals surface area contributed by atoms with Crippen molar-refractivity contribution in [3.8, 4) is 5.75 Å². The average molecular weight is 502 g/mol. The highest BCUT2D eigenvalue weighted by Gasteiger charge is 2.34. The maximum absolute atomic E-state index is 12.6. The number of allylic oxidation sites excluding steroid dienone is 1. The number of hydrogen-bond acceptors (Lipinski definition) is 5. The first-order chi connectivity index (χ1) is 15.4. The van der Waals surface area contributed by atoms with E-state index in [1.807, 2.05) is 30.3 Å². The zero-order chi connectivity index (χ0) is 23.1. The van der Waals surface area contributed by atoms with Crippen LogP contribution in [0.15, 0.2) is 64.3 Å². The Balaban J connectivity index is 1.79. The van der Waals surface area contributed by atoms with Gasteiger partial charge in [-0.1, -0.05) is 46.3 Å². The lowest BCUT2D eigenvalue weighted by Crippen LogP contribution is -2.45. The van der Waals surface area contributed by atoms with Crippen molar-refractivity contribution in [1.82, 2.24) is 16.0 Å². The molecule has 3 N–H and O–H groups in total. The lowest BCUT2D eigenvalue weighted by atomic mass is 9.95. The summed E-state index contributed by atoms with van der Waals surface area (Å²) in [5.74, 6) is -0.478. The van der Waals surface area contributed by atoms with Crippen molar-refractivity contribution in [2.75, 3.05) is 13.2 Å². The number of hydrogen-bond donors (Lipinski definition) is 3. The van der Waals surface area contributed by atoms with Crippen molar-refractivity contribution in [2.24, 2.45) is 0 Å². The molecule has 0 saturated heterocycles. The van der Waals surface area contributed by atoms with Gasteiger partial charge in [-0.05, 0) is 37.6 Å². The standard InChI is InChI=1S/C23H24BrN3O5/c1-3-31-22(29)20-14(2)26-23(30)27-21(20)17-11-16(24)9-10-18(17)32-13-19(28)25-12-15-7-5-4-6-8-15/h4-11,21H,3,12-13H2,1-2H3,(H,25,28)(H2,26,27,30)/t21-/m0/s1. The van der Waals surface area contributed by atoms with Crippen LogP contribution in [0.3, 0.4) is 0 Å². The maximum Gasteiger partial charge on any atom is 0.338 e. The van der Waals surface area contributed by atoms with Crippen LogP contribution in [0.25, 0.3) is 0 Å². The van der Waals surface area contributed by atoms with Gasteiger partial charge in [0, 0.05) is 22.3 Å². The summed E-state index contributed by atoms with van der Waals surface area (Å²) in [5.41, 5.74) is 2.15. The number of carbonyl (C=O) groups excluding carboxylic acids is 3. The number of amides is 3. The lowest BCUT2D eigenvalue weighted by Gasteiger charge is -2.29. The summed E-state index contributed by atoms with van der Waals surface area (Å²) in [6.45, 7) is 3.69. The van der Waals surface area contributed by atoms with E-state index in [4.69, 9.17) is 9.47 Å². The molecule has 0 bridgehead atoms. The maximum atomic E-state index is 12.6. The van der Waals surface area contributed by atoms with Gasteiger partial charge in [-0.3, -0.25) is 4.79 Å². The lowest BCUT2D eigenvalue weighted by molar-refractivity contribution is -0.139. The van der Waals surface area contributed by atoms with Gasteiger partial charge < -0.3 is 25.4 Å². The Kier molecular flexibility index (Phi) is 7.88. The van der Waals surface area contributed by atoms with Crippen molar-refractivity contribution >= 4 is 33.8 Å². The van der Waals surface area contributed by atoms with Crippen LogP contribution in [0.5, 0.6) is 5.75 Å². The van der Waals surface area contributed by atoms with Crippen LogP contribution >= 0.6 is 15.9 Å². The van der Waals surface area contributed by atoms with Crippen LogP contribution < -0.4 is 20.7 Å². The molecular weight excluding hydrogens is 478 g/mol. The van der Waals surface area contributed by atoms with Gasteiger partial charge in [0.1, 0.15) is 5.75 Å². The van der Waals surface area contributed by atoms with Gasteiger partial charge in [0.15, 0.2) is 6.61 Å². The molecule has 0 fully saturated rings. The van der Waals surface area contributed by atoms with Crippen LogP contribution in [-0.4, -0.2) is 31.1 Å². The minimum absolute atomic E-state index is 0.194. The number of benzene rings is 2. The van der Waals surface area contributed by atoms with Crippen molar-refractivity contribution in [3.05, 3.63) is 75.4 Å². The average Bonchev–Trinajstić information content (AvgIpc) is 2.77. The summed E-state index contributed by atoms with van der Waals surface area (Å²) in [4.78, 5) is 37.0. The molecule has 0 aliphatic carbocycles. The molecule has 9 heteroatoms. The molecule has 2 aromatic carbocycles. The summed E-state index contributed by atoms with van der Waals surface area (Å²) in [6, 6.07) is 13.4. The Morgan fingerprint density at radius 2 is 1.91 bits per heavy atom. The zero-order valence-corrected chi connectivity index (χ0v) is 19.3. The smallest absolute Gasteiger partial charge is 0.338 e. The molecule has 0 radical (unpaired) electrons. The van der Waals surface area contributed by atoms with Crippen LogP contribution in [-0.2, 0) is 20.9 Å². The second kappa shape index (κ2) is 10.8. The van der Waals surface area contributed by atoms with Gasteiger partial charge >= 0.3 is 12.0 Å². The molecule has 0 saturated carbocycles. The Morgan fingerprint density at radius 3 is 2.62 bits per heavy atom. The van der Waals surface area contributed by atoms with E-state index in [0.717, 1.165) is 10.0 Å². The fourth-order valence-corrected chi connectivity index (χ4v) is 3.65. The number of rotatable bonds is 8. The van der Waals surface area contributed by atoms with Crippen LogP contribution in [0.1, 0.15) is 31.0 Å². The highest BCUT2D eigenvalue weighted by Crippen LogP contribution is 2.35. The number of urea groups is 1. The Labute approximate surface area is 194 Å². The fraction of sp³-hybridized carbons (Fsp3) is 0.261. The molecule has 1 aliphatic heterocycles. The fourth-order valence-electron chi connectivity index (χ4n) is 3.27. The summed E-state index contributed by atoms with van der Waals surface area (Å²) in [6.07, 6.45) is 0. The van der Waals surface area contributed by atoms with Crippen LogP contribution in [0.2, 0.25) is 0 Å². The molecule has 3 amide bonds. The topological polar surface area (TPSA) is 106 Å². The number of ether oxygens (including phenoxy) is 2. The second-order valence-corrected chi connectivity index (χ2v) is 7.94. The quantitative estimate of drug-likeness (QED) is 0.481. The molecular formula is C23H24BrN3O5. The van der Waals surface area contributed by atoms with E-state index >= 15 is 0 Å². The zero-order valence-electron chi connectivity index (χ0n) is 17.7. The summed E-state index contributed by atoms with van der Waals surface area (Å²) in [7, 11) is 0. The summed E-state index contributed by atoms with van der Waals surface area (Å²) in [5, 5.41) is 8.14. The highest BCUT2D eigenvalue weighted by atomic mass is 79.9. The first kappa shape index (κ1) is 23.3.